The van der Waals surface area contributed by atoms with Crippen LogP contribution in [0.1, 0.15) is 27.7 Å². The van der Waals surface area contributed by atoms with Crippen LogP contribution in [0.3, 0.4) is 0 Å². The Morgan fingerprint density at radius 1 is 1.29 bits per heavy atom. The van der Waals surface area contributed by atoms with Gasteiger partial charge in [0.2, 0.25) is 17.7 Å². The summed E-state index contributed by atoms with van der Waals surface area (Å²) in [4.78, 5) is 47.1. The molecule has 1 rings (SSSR count). The molecule has 0 spiro atoms. The lowest BCUT2D eigenvalue weighted by atomic mass is 9.86. The maximum absolute atomic E-state index is 12.1. The molecule has 0 aromatic carbocycles. The summed E-state index contributed by atoms with van der Waals surface area (Å²) in [6.07, 6.45) is 0. The molecule has 0 saturated carbocycles. The number of hydrogen-bond donors (Lipinski definition) is 2. The maximum atomic E-state index is 12.1. The van der Waals surface area contributed by atoms with Crippen molar-refractivity contribution in [3.05, 3.63) is 0 Å². The highest BCUT2D eigenvalue weighted by Gasteiger charge is 2.53. The van der Waals surface area contributed by atoms with Crippen LogP contribution < -0.4 is 11.1 Å². The minimum Gasteiger partial charge on any atom is -0.368 e. The van der Waals surface area contributed by atoms with Gasteiger partial charge in [0.15, 0.2) is 0 Å². The molecular weight excluding hydrogens is 226 g/mol. The van der Waals surface area contributed by atoms with Crippen LogP contribution in [0.2, 0.25) is 0 Å². The Labute approximate surface area is 98.3 Å². The van der Waals surface area contributed by atoms with E-state index in [1.54, 1.807) is 0 Å². The highest BCUT2D eigenvalue weighted by molar-refractivity contribution is 6.20. The zero-order valence-electron chi connectivity index (χ0n) is 10.2. The molecule has 3 N–H and O–H groups in total. The van der Waals surface area contributed by atoms with E-state index in [1.807, 2.05) is 5.32 Å². The van der Waals surface area contributed by atoms with Gasteiger partial charge in [-0.1, -0.05) is 0 Å². The summed E-state index contributed by atoms with van der Waals surface area (Å²) in [6, 6.07) is -0.928. The third-order valence-corrected chi connectivity index (χ3v) is 2.89. The number of carbonyl (C=O) groups excluding carboxylic acids is 4. The van der Waals surface area contributed by atoms with Crippen molar-refractivity contribution in [2.45, 2.75) is 33.2 Å². The fraction of sp³-hybridized carbons (Fsp3) is 0.600. The molecule has 94 valence electrons. The number of barbiturate groups is 1. The largest absolute Gasteiger partial charge is 0.368 e. The Kier molecular flexibility index (Phi) is 2.74. The normalized spacial score (nSPS) is 20.2. The third kappa shape index (κ3) is 1.77. The van der Waals surface area contributed by atoms with E-state index in [0.717, 1.165) is 0 Å². The number of nitrogens with two attached hydrogens (primary N) is 1. The Morgan fingerprint density at radius 3 is 2.18 bits per heavy atom. The van der Waals surface area contributed by atoms with Crippen LogP contribution in [0.25, 0.3) is 0 Å². The van der Waals surface area contributed by atoms with Crippen molar-refractivity contribution in [3.8, 4) is 0 Å². The van der Waals surface area contributed by atoms with Gasteiger partial charge in [0.05, 0.1) is 0 Å². The third-order valence-electron chi connectivity index (χ3n) is 2.89. The van der Waals surface area contributed by atoms with Gasteiger partial charge in [0, 0.05) is 0 Å². The molecule has 0 bridgehead atoms. The van der Waals surface area contributed by atoms with Crippen molar-refractivity contribution in [2.75, 3.05) is 0 Å². The molecule has 0 aromatic heterocycles. The Bertz CT molecular complexity index is 425. The summed E-state index contributed by atoms with van der Waals surface area (Å²) in [6.45, 7) is 5.44. The summed E-state index contributed by atoms with van der Waals surface area (Å²) in [5.74, 6) is -2.26. The van der Waals surface area contributed by atoms with E-state index >= 15 is 0 Å². The van der Waals surface area contributed by atoms with Crippen molar-refractivity contribution in [1.82, 2.24) is 10.2 Å². The molecule has 7 heteroatoms. The predicted molar refractivity (Wildman–Crippen MR) is 57.4 cm³/mol. The van der Waals surface area contributed by atoms with Crippen molar-refractivity contribution < 1.29 is 19.2 Å². The first-order valence-corrected chi connectivity index (χ1v) is 5.03. The van der Waals surface area contributed by atoms with E-state index in [2.05, 4.69) is 0 Å². The molecule has 5 amide bonds. The number of carbonyl (C=O) groups is 4. The number of urea groups is 1. The Morgan fingerprint density at radius 2 is 1.76 bits per heavy atom. The Balaban J connectivity index is 3.26. The monoisotopic (exact) mass is 241 g/mol. The number of amides is 5. The lowest BCUT2D eigenvalue weighted by Crippen LogP contribution is -2.69. The molecular formula is C10H15N3O4. The SMILES string of the molecule is CC1(C)C(=O)NC(=O)N(C(C)(C)C(N)=O)C1=O. The minimum absolute atomic E-state index is 0.691. The first kappa shape index (κ1) is 13.1. The molecule has 0 aliphatic carbocycles. The second kappa shape index (κ2) is 3.54. The van der Waals surface area contributed by atoms with E-state index in [9.17, 15) is 19.2 Å². The van der Waals surface area contributed by atoms with Gasteiger partial charge in [-0.15, -0.1) is 0 Å². The number of hydrogen-bond acceptors (Lipinski definition) is 4. The second-order valence-corrected chi connectivity index (χ2v) is 4.95. The van der Waals surface area contributed by atoms with E-state index in [0.29, 0.717) is 4.90 Å². The zero-order chi connectivity index (χ0) is 13.6. The van der Waals surface area contributed by atoms with E-state index in [1.165, 1.54) is 27.7 Å². The fourth-order valence-corrected chi connectivity index (χ4v) is 1.40. The molecule has 1 aliphatic heterocycles. The number of nitrogens with zero attached hydrogens (tertiary/aromatic N) is 1. The molecule has 7 nitrogen and oxygen atoms in total. The summed E-state index contributed by atoms with van der Waals surface area (Å²) >= 11 is 0. The molecule has 1 fully saturated rings. The zero-order valence-corrected chi connectivity index (χ0v) is 10.2. The summed E-state index contributed by atoms with van der Waals surface area (Å²) < 4.78 is 0. The smallest absolute Gasteiger partial charge is 0.331 e. The van der Waals surface area contributed by atoms with Gasteiger partial charge in [0.1, 0.15) is 11.0 Å². The van der Waals surface area contributed by atoms with Gasteiger partial charge < -0.3 is 5.73 Å². The van der Waals surface area contributed by atoms with Crippen LogP contribution in [0, 0.1) is 5.41 Å². The van der Waals surface area contributed by atoms with Gasteiger partial charge in [-0.05, 0) is 27.7 Å². The molecule has 0 aromatic rings. The van der Waals surface area contributed by atoms with Crippen LogP contribution in [0.15, 0.2) is 0 Å². The lowest BCUT2D eigenvalue weighted by molar-refractivity contribution is -0.155. The van der Waals surface area contributed by atoms with Crippen LogP contribution >= 0.6 is 0 Å². The van der Waals surface area contributed by atoms with Gasteiger partial charge in [0.25, 0.3) is 0 Å². The Hall–Kier alpha value is -1.92. The maximum Gasteiger partial charge on any atom is 0.331 e. The van der Waals surface area contributed by atoms with Gasteiger partial charge in [-0.25, -0.2) is 9.69 Å². The first-order valence-electron chi connectivity index (χ1n) is 5.03. The average molecular weight is 241 g/mol. The summed E-state index contributed by atoms with van der Waals surface area (Å²) in [5, 5.41) is 2.03. The van der Waals surface area contributed by atoms with Crippen molar-refractivity contribution in [1.29, 1.82) is 0 Å². The topological polar surface area (TPSA) is 110 Å². The van der Waals surface area contributed by atoms with Crippen LogP contribution in [0.4, 0.5) is 4.79 Å². The molecule has 1 saturated heterocycles. The van der Waals surface area contributed by atoms with E-state index in [-0.39, 0.29) is 0 Å². The molecule has 1 aliphatic rings. The van der Waals surface area contributed by atoms with Crippen LogP contribution in [-0.4, -0.2) is 34.2 Å². The lowest BCUT2D eigenvalue weighted by Gasteiger charge is -2.41. The highest BCUT2D eigenvalue weighted by atomic mass is 16.2. The van der Waals surface area contributed by atoms with Crippen molar-refractivity contribution in [3.63, 3.8) is 0 Å². The first-order chi connectivity index (χ1) is 7.52. The predicted octanol–water partition coefficient (Wildman–Crippen LogP) is -0.645. The molecule has 0 atom stereocenters. The van der Waals surface area contributed by atoms with Gasteiger partial charge in [-0.3, -0.25) is 19.7 Å². The van der Waals surface area contributed by atoms with Crippen LogP contribution in [0.5, 0.6) is 0 Å². The second-order valence-electron chi connectivity index (χ2n) is 4.95. The highest BCUT2D eigenvalue weighted by Crippen LogP contribution is 2.28. The van der Waals surface area contributed by atoms with Crippen molar-refractivity contribution >= 4 is 23.8 Å². The minimum atomic E-state index is -1.49. The summed E-state index contributed by atoms with van der Waals surface area (Å²) in [7, 11) is 0. The van der Waals surface area contributed by atoms with Crippen LogP contribution in [-0.2, 0) is 14.4 Å². The average Bonchev–Trinajstić information content (AvgIpc) is 2.14. The molecule has 0 radical (unpaired) electrons. The number of imide groups is 2. The standard InChI is InChI=1S/C10H15N3O4/c1-9(2)6(15)12-8(17)13(7(9)16)10(3,4)5(11)14/h1-4H3,(H2,11,14)(H,12,15,17). The molecule has 17 heavy (non-hydrogen) atoms. The fourth-order valence-electron chi connectivity index (χ4n) is 1.40. The van der Waals surface area contributed by atoms with Gasteiger partial charge >= 0.3 is 6.03 Å². The molecule has 0 unspecified atom stereocenters. The number of nitrogens with one attached hydrogen (secondary N) is 1. The van der Waals surface area contributed by atoms with E-state index in [4.69, 9.17) is 5.73 Å². The summed E-state index contributed by atoms with van der Waals surface area (Å²) in [5.41, 5.74) is 2.26. The quantitative estimate of drug-likeness (QED) is 0.626. The number of primary amides is 1. The van der Waals surface area contributed by atoms with Gasteiger partial charge in [-0.2, -0.15) is 0 Å². The number of rotatable bonds is 2. The van der Waals surface area contributed by atoms with Crippen molar-refractivity contribution in [2.24, 2.45) is 11.1 Å². The molecule has 1 heterocycles. The van der Waals surface area contributed by atoms with E-state index < -0.39 is 34.7 Å².